The summed E-state index contributed by atoms with van der Waals surface area (Å²) in [6.07, 6.45) is 1.73. The highest BCUT2D eigenvalue weighted by Gasteiger charge is 2.11. The summed E-state index contributed by atoms with van der Waals surface area (Å²) in [5.74, 6) is 1.43. The fourth-order valence-corrected chi connectivity index (χ4v) is 3.08. The topological polar surface area (TPSA) is 82.7 Å². The molecule has 0 fully saturated rings. The van der Waals surface area contributed by atoms with E-state index in [-0.39, 0.29) is 12.1 Å². The highest BCUT2D eigenvalue weighted by Crippen LogP contribution is 2.25. The molecule has 1 unspecified atom stereocenters. The summed E-state index contributed by atoms with van der Waals surface area (Å²) in [5.41, 5.74) is 1.90. The van der Waals surface area contributed by atoms with Crippen LogP contribution in [-0.4, -0.2) is 27.0 Å². The van der Waals surface area contributed by atoms with Crippen molar-refractivity contribution in [2.24, 2.45) is 0 Å². The number of pyridine rings is 1. The molecule has 0 radical (unpaired) electrons. The molecule has 1 aromatic carbocycles. The monoisotopic (exact) mass is 341 g/mol. The number of nitrogens with one attached hydrogen (secondary N) is 3. The molecule has 7 heteroatoms. The van der Waals surface area contributed by atoms with Crippen LogP contribution >= 0.6 is 11.8 Å². The third kappa shape index (κ3) is 3.68. The van der Waals surface area contributed by atoms with Gasteiger partial charge < -0.3 is 5.32 Å². The maximum Gasteiger partial charge on any atom is 0.320 e. The maximum absolute atomic E-state index is 12.1. The number of fused-ring (bicyclic) bond motifs is 1. The fraction of sp³-hybridized carbons (Fsp3) is 0.235. The number of carbonyl (C=O) groups excluding carboxylic acids is 1. The summed E-state index contributed by atoms with van der Waals surface area (Å²) in [5, 5.41) is 14.8. The predicted molar refractivity (Wildman–Crippen MR) is 97.3 cm³/mol. The molecule has 24 heavy (non-hydrogen) atoms. The Hall–Kier alpha value is -2.54. The summed E-state index contributed by atoms with van der Waals surface area (Å²) in [4.78, 5) is 16.4. The molecule has 2 aromatic heterocycles. The molecule has 0 bridgehead atoms. The number of amides is 2. The van der Waals surface area contributed by atoms with Crippen LogP contribution in [0.4, 0.5) is 10.6 Å². The van der Waals surface area contributed by atoms with Gasteiger partial charge in [0.05, 0.1) is 16.9 Å². The molecule has 0 spiro atoms. The number of urea groups is 1. The van der Waals surface area contributed by atoms with Crippen LogP contribution in [0, 0.1) is 0 Å². The van der Waals surface area contributed by atoms with Crippen molar-refractivity contribution in [1.29, 1.82) is 0 Å². The number of carbonyl (C=O) groups is 1. The van der Waals surface area contributed by atoms with Crippen molar-refractivity contribution in [2.75, 3.05) is 11.1 Å². The van der Waals surface area contributed by atoms with E-state index in [2.05, 4.69) is 32.7 Å². The first-order valence-corrected chi connectivity index (χ1v) is 8.75. The minimum atomic E-state index is -0.291. The van der Waals surface area contributed by atoms with Gasteiger partial charge in [0.15, 0.2) is 0 Å². The molecule has 0 aliphatic heterocycles. The van der Waals surface area contributed by atoms with Crippen molar-refractivity contribution in [1.82, 2.24) is 20.5 Å². The molecule has 6 nitrogen and oxygen atoms in total. The number of benzene rings is 1. The smallest absolute Gasteiger partial charge is 0.320 e. The molecule has 0 aliphatic carbocycles. The Morgan fingerprint density at radius 2 is 2.12 bits per heavy atom. The molecule has 3 N–H and O–H groups in total. The van der Waals surface area contributed by atoms with E-state index in [4.69, 9.17) is 0 Å². The van der Waals surface area contributed by atoms with E-state index in [1.54, 1.807) is 24.0 Å². The van der Waals surface area contributed by atoms with Crippen LogP contribution in [0.25, 0.3) is 10.9 Å². The van der Waals surface area contributed by atoms with Crippen molar-refractivity contribution in [2.45, 2.75) is 24.9 Å². The van der Waals surface area contributed by atoms with Gasteiger partial charge in [0.1, 0.15) is 10.8 Å². The van der Waals surface area contributed by atoms with Gasteiger partial charge in [-0.05, 0) is 18.2 Å². The second-order valence-corrected chi connectivity index (χ2v) is 6.56. The van der Waals surface area contributed by atoms with Crippen LogP contribution in [-0.2, 0) is 0 Å². The second-order valence-electron chi connectivity index (χ2n) is 5.31. The number of H-pyrrole nitrogens is 1. The molecule has 2 heterocycles. The zero-order valence-corrected chi connectivity index (χ0v) is 14.4. The van der Waals surface area contributed by atoms with E-state index in [0.29, 0.717) is 5.82 Å². The highest BCUT2D eigenvalue weighted by atomic mass is 32.2. The molecule has 0 aliphatic rings. The lowest BCUT2D eigenvalue weighted by atomic mass is 10.1. The van der Waals surface area contributed by atoms with Crippen molar-refractivity contribution >= 4 is 34.5 Å². The number of rotatable bonds is 5. The predicted octanol–water partition coefficient (Wildman–Crippen LogP) is 3.95. The summed E-state index contributed by atoms with van der Waals surface area (Å²) in [6.45, 7) is 4.02. The summed E-state index contributed by atoms with van der Waals surface area (Å²) in [6, 6.07) is 11.2. The van der Waals surface area contributed by atoms with Crippen molar-refractivity contribution in [3.05, 3.63) is 48.2 Å². The molecule has 1 atom stereocenters. The van der Waals surface area contributed by atoms with E-state index in [0.717, 1.165) is 27.2 Å². The molecular weight excluding hydrogens is 322 g/mol. The minimum absolute atomic E-state index is 0.0883. The first-order chi connectivity index (χ1) is 11.7. The Kier molecular flexibility index (Phi) is 5.00. The van der Waals surface area contributed by atoms with Gasteiger partial charge in [-0.15, -0.1) is 11.8 Å². The maximum atomic E-state index is 12.1. The van der Waals surface area contributed by atoms with Crippen LogP contribution in [0.1, 0.15) is 25.5 Å². The quantitative estimate of drug-likeness (QED) is 0.614. The van der Waals surface area contributed by atoms with E-state index in [1.165, 1.54) is 0 Å². The SMILES string of the molecule is CCSc1n[nH]c2cc(NC(=O)NC(C)c3ccccc3)ncc12. The van der Waals surface area contributed by atoms with Crippen LogP contribution in [0.3, 0.4) is 0 Å². The molecule has 3 aromatic rings. The largest absolute Gasteiger partial charge is 0.331 e. The Morgan fingerprint density at radius 3 is 2.88 bits per heavy atom. The van der Waals surface area contributed by atoms with Gasteiger partial charge >= 0.3 is 6.03 Å². The van der Waals surface area contributed by atoms with E-state index in [1.807, 2.05) is 37.3 Å². The van der Waals surface area contributed by atoms with Crippen LogP contribution in [0.15, 0.2) is 47.6 Å². The van der Waals surface area contributed by atoms with E-state index >= 15 is 0 Å². The van der Waals surface area contributed by atoms with Crippen LogP contribution in [0.2, 0.25) is 0 Å². The lowest BCUT2D eigenvalue weighted by molar-refractivity contribution is 0.249. The number of anilines is 1. The summed E-state index contributed by atoms with van der Waals surface area (Å²) in [7, 11) is 0. The van der Waals surface area contributed by atoms with Gasteiger partial charge in [-0.3, -0.25) is 10.4 Å². The fourth-order valence-electron chi connectivity index (χ4n) is 2.38. The number of thioether (sulfide) groups is 1. The number of aromatic amines is 1. The molecule has 0 saturated heterocycles. The Labute approximate surface area is 144 Å². The third-order valence-electron chi connectivity index (χ3n) is 3.58. The molecule has 3 rings (SSSR count). The average molecular weight is 341 g/mol. The lowest BCUT2D eigenvalue weighted by Crippen LogP contribution is -2.31. The highest BCUT2D eigenvalue weighted by molar-refractivity contribution is 7.99. The van der Waals surface area contributed by atoms with Crippen molar-refractivity contribution in [3.63, 3.8) is 0 Å². The molecule has 0 saturated carbocycles. The molecular formula is C17H19N5OS. The zero-order chi connectivity index (χ0) is 16.9. The van der Waals surface area contributed by atoms with Crippen molar-refractivity contribution in [3.8, 4) is 0 Å². The van der Waals surface area contributed by atoms with E-state index < -0.39 is 0 Å². The number of hydrogen-bond donors (Lipinski definition) is 3. The van der Waals surface area contributed by atoms with E-state index in [9.17, 15) is 4.79 Å². The minimum Gasteiger partial charge on any atom is -0.331 e. The zero-order valence-electron chi connectivity index (χ0n) is 13.5. The van der Waals surface area contributed by atoms with Crippen molar-refractivity contribution < 1.29 is 4.79 Å². The van der Waals surface area contributed by atoms with Gasteiger partial charge in [-0.1, -0.05) is 37.3 Å². The second kappa shape index (κ2) is 7.35. The summed E-state index contributed by atoms with van der Waals surface area (Å²) >= 11 is 1.66. The Balaban J connectivity index is 1.67. The van der Waals surface area contributed by atoms with Crippen LogP contribution in [0.5, 0.6) is 0 Å². The van der Waals surface area contributed by atoms with Gasteiger partial charge in [0, 0.05) is 12.3 Å². The van der Waals surface area contributed by atoms with Gasteiger partial charge in [-0.25, -0.2) is 9.78 Å². The first kappa shape index (κ1) is 16.3. The number of nitrogens with zero attached hydrogens (tertiary/aromatic N) is 2. The Bertz CT molecular complexity index is 833. The standard InChI is InChI=1S/C17H19N5OS/c1-3-24-16-13-10-18-15(9-14(13)21-22-16)20-17(23)19-11(2)12-7-5-4-6-8-12/h4-11H,3H2,1-2H3,(H,21,22)(H2,18,19,20,23). The third-order valence-corrected chi connectivity index (χ3v) is 4.46. The normalized spacial score (nSPS) is 12.1. The summed E-state index contributed by atoms with van der Waals surface area (Å²) < 4.78 is 0. The molecule has 2 amide bonds. The van der Waals surface area contributed by atoms with Crippen LogP contribution < -0.4 is 10.6 Å². The Morgan fingerprint density at radius 1 is 1.33 bits per heavy atom. The number of hydrogen-bond acceptors (Lipinski definition) is 4. The first-order valence-electron chi connectivity index (χ1n) is 7.76. The average Bonchev–Trinajstić information content (AvgIpc) is 2.98. The molecule has 124 valence electrons. The van der Waals surface area contributed by atoms with Gasteiger partial charge in [0.2, 0.25) is 0 Å². The lowest BCUT2D eigenvalue weighted by Gasteiger charge is -2.14. The number of aromatic nitrogens is 3. The van der Waals surface area contributed by atoms with Gasteiger partial charge in [-0.2, -0.15) is 5.10 Å². The van der Waals surface area contributed by atoms with Gasteiger partial charge in [0.25, 0.3) is 0 Å².